The van der Waals surface area contributed by atoms with Crippen LogP contribution in [0.4, 0.5) is 0 Å². The van der Waals surface area contributed by atoms with Crippen molar-refractivity contribution in [2.75, 3.05) is 26.3 Å². The number of unbranched alkanes of at least 4 members (excludes halogenated alkanes) is 11. The van der Waals surface area contributed by atoms with Gasteiger partial charge in [0.1, 0.15) is 0 Å². The Hall–Kier alpha value is 0.130. The molecule has 4 nitrogen and oxygen atoms in total. The average Bonchev–Trinajstić information content (AvgIpc) is 2.66. The van der Waals surface area contributed by atoms with Crippen LogP contribution in [0.15, 0.2) is 12.2 Å². The molecule has 1 fully saturated rings. The van der Waals surface area contributed by atoms with Crippen molar-refractivity contribution < 1.29 is 44.2 Å². The standard InChI is InChI=1S/C18H34O2.C4H9NO.Na/c1-2-3-4-5-6-7-8-9-10-11-12-13-14-15-16-17-18(19)20;1-3-6-4-2-5-1;/h9-10H,2-8,11-17H2,1H3,(H,19,20);5H,1-4H2;/q;;+1/p-1/b10-9-;;. The Morgan fingerprint density at radius 1 is 0.852 bits per heavy atom. The number of rotatable bonds is 15. The first-order valence-electron chi connectivity index (χ1n) is 10.9. The van der Waals surface area contributed by atoms with Gasteiger partial charge in [-0.15, -0.1) is 0 Å². The molecule has 1 N–H and O–H groups in total. The summed E-state index contributed by atoms with van der Waals surface area (Å²) in [6.45, 7) is 6.09. The van der Waals surface area contributed by atoms with Crippen molar-refractivity contribution in [2.24, 2.45) is 0 Å². The third kappa shape index (κ3) is 28.4. The van der Waals surface area contributed by atoms with Gasteiger partial charge in [-0.05, 0) is 38.5 Å². The van der Waals surface area contributed by atoms with E-state index in [2.05, 4.69) is 24.4 Å². The topological polar surface area (TPSA) is 61.4 Å². The Bertz CT molecular complexity index is 309. The van der Waals surface area contributed by atoms with Crippen molar-refractivity contribution >= 4 is 5.97 Å². The maximum atomic E-state index is 10.2. The predicted molar refractivity (Wildman–Crippen MR) is 108 cm³/mol. The number of carboxylic acid groups (broad SMARTS) is 1. The molecule has 1 heterocycles. The average molecular weight is 392 g/mol. The molecule has 0 amide bonds. The molecular weight excluding hydrogens is 349 g/mol. The molecule has 0 unspecified atom stereocenters. The second-order valence-corrected chi connectivity index (χ2v) is 7.07. The number of carbonyl (C=O) groups excluding carboxylic acids is 1. The largest absolute Gasteiger partial charge is 1.00 e. The summed E-state index contributed by atoms with van der Waals surface area (Å²) in [5, 5.41) is 13.4. The summed E-state index contributed by atoms with van der Waals surface area (Å²) < 4.78 is 5.01. The number of ether oxygens (including phenoxy) is 1. The molecule has 0 aromatic carbocycles. The Labute approximate surface area is 190 Å². The van der Waals surface area contributed by atoms with E-state index in [9.17, 15) is 9.90 Å². The van der Waals surface area contributed by atoms with Gasteiger partial charge in [0.2, 0.25) is 0 Å². The van der Waals surface area contributed by atoms with Crippen molar-refractivity contribution in [3.8, 4) is 0 Å². The molecule has 0 atom stereocenters. The van der Waals surface area contributed by atoms with E-state index in [0.29, 0.717) is 0 Å². The molecule has 0 spiro atoms. The number of hydrogen-bond acceptors (Lipinski definition) is 4. The summed E-state index contributed by atoms with van der Waals surface area (Å²) in [5.41, 5.74) is 0. The fraction of sp³-hybridized carbons (Fsp3) is 0.864. The number of nitrogens with one attached hydrogen (secondary N) is 1. The Balaban J connectivity index is 0. The minimum Gasteiger partial charge on any atom is -0.550 e. The first-order chi connectivity index (χ1) is 12.8. The Morgan fingerprint density at radius 2 is 1.33 bits per heavy atom. The van der Waals surface area contributed by atoms with Gasteiger partial charge < -0.3 is 20.0 Å². The maximum Gasteiger partial charge on any atom is 1.00 e. The van der Waals surface area contributed by atoms with Crippen molar-refractivity contribution in [2.45, 2.75) is 96.8 Å². The molecule has 1 rings (SSSR count). The number of allylic oxidation sites excluding steroid dienone is 2. The van der Waals surface area contributed by atoms with E-state index in [1.807, 2.05) is 0 Å². The first-order valence-corrected chi connectivity index (χ1v) is 10.9. The number of hydrogen-bond donors (Lipinski definition) is 1. The van der Waals surface area contributed by atoms with Crippen LogP contribution in [-0.4, -0.2) is 32.3 Å². The predicted octanol–water partition coefficient (Wildman–Crippen LogP) is 1.38. The van der Waals surface area contributed by atoms with Gasteiger partial charge in [0.25, 0.3) is 0 Å². The molecule has 1 aliphatic rings. The van der Waals surface area contributed by atoms with Crippen LogP contribution in [0, 0.1) is 0 Å². The van der Waals surface area contributed by atoms with Gasteiger partial charge in [-0.2, -0.15) is 0 Å². The van der Waals surface area contributed by atoms with Crippen LogP contribution in [0.2, 0.25) is 0 Å². The van der Waals surface area contributed by atoms with Crippen molar-refractivity contribution in [3.05, 3.63) is 12.2 Å². The third-order valence-electron chi connectivity index (χ3n) is 4.49. The summed E-state index contributed by atoms with van der Waals surface area (Å²) in [5.74, 6) is -0.914. The zero-order chi connectivity index (χ0) is 19.1. The number of morpholine rings is 1. The monoisotopic (exact) mass is 391 g/mol. The molecular formula is C22H42NNaO3. The van der Waals surface area contributed by atoms with E-state index in [4.69, 9.17) is 4.74 Å². The van der Waals surface area contributed by atoms with Crippen molar-refractivity contribution in [3.63, 3.8) is 0 Å². The van der Waals surface area contributed by atoms with E-state index in [0.717, 1.165) is 45.6 Å². The van der Waals surface area contributed by atoms with Crippen LogP contribution in [0.3, 0.4) is 0 Å². The van der Waals surface area contributed by atoms with Gasteiger partial charge in [-0.1, -0.05) is 70.4 Å². The normalized spacial score (nSPS) is 13.7. The van der Waals surface area contributed by atoms with E-state index in [1.54, 1.807) is 0 Å². The van der Waals surface area contributed by atoms with Crippen molar-refractivity contribution in [1.82, 2.24) is 5.32 Å². The molecule has 1 aliphatic heterocycles. The molecule has 27 heavy (non-hydrogen) atoms. The van der Waals surface area contributed by atoms with Gasteiger partial charge in [0, 0.05) is 19.1 Å². The summed E-state index contributed by atoms with van der Waals surface area (Å²) in [7, 11) is 0. The van der Waals surface area contributed by atoms with Crippen LogP contribution in [0.1, 0.15) is 96.8 Å². The van der Waals surface area contributed by atoms with E-state index in [1.165, 1.54) is 64.2 Å². The summed E-state index contributed by atoms with van der Waals surface area (Å²) in [4.78, 5) is 10.2. The molecule has 154 valence electrons. The van der Waals surface area contributed by atoms with Gasteiger partial charge >= 0.3 is 29.6 Å². The van der Waals surface area contributed by atoms with Gasteiger partial charge in [-0.25, -0.2) is 0 Å². The second-order valence-electron chi connectivity index (χ2n) is 7.07. The van der Waals surface area contributed by atoms with E-state index < -0.39 is 5.97 Å². The minimum absolute atomic E-state index is 0. The SMILES string of the molecule is C1COCCN1.CCCCCCCC/C=C\CCCCCCCC(=O)[O-].[Na+]. The van der Waals surface area contributed by atoms with Crippen LogP contribution < -0.4 is 40.0 Å². The van der Waals surface area contributed by atoms with Crippen molar-refractivity contribution in [1.29, 1.82) is 0 Å². The van der Waals surface area contributed by atoms with E-state index >= 15 is 0 Å². The maximum absolute atomic E-state index is 10.2. The van der Waals surface area contributed by atoms with E-state index in [-0.39, 0.29) is 36.0 Å². The van der Waals surface area contributed by atoms with Crippen LogP contribution >= 0.6 is 0 Å². The summed E-state index contributed by atoms with van der Waals surface area (Å²) in [6, 6.07) is 0. The van der Waals surface area contributed by atoms with Gasteiger partial charge in [0.15, 0.2) is 0 Å². The molecule has 0 bridgehead atoms. The van der Waals surface area contributed by atoms with Gasteiger partial charge in [-0.3, -0.25) is 0 Å². The summed E-state index contributed by atoms with van der Waals surface area (Å²) in [6.07, 6.45) is 20.9. The third-order valence-corrected chi connectivity index (χ3v) is 4.49. The number of aliphatic carboxylic acids is 1. The first kappa shape index (κ1) is 29.3. The molecule has 0 aromatic heterocycles. The van der Waals surface area contributed by atoms with Crippen LogP contribution in [0.25, 0.3) is 0 Å². The van der Waals surface area contributed by atoms with Gasteiger partial charge in [0.05, 0.1) is 13.2 Å². The van der Waals surface area contributed by atoms with Crippen LogP contribution in [0.5, 0.6) is 0 Å². The fourth-order valence-electron chi connectivity index (χ4n) is 2.86. The zero-order valence-electron chi connectivity index (χ0n) is 18.1. The Morgan fingerprint density at radius 3 is 1.74 bits per heavy atom. The van der Waals surface area contributed by atoms with Crippen LogP contribution in [-0.2, 0) is 9.53 Å². The quantitative estimate of drug-likeness (QED) is 0.260. The fourth-order valence-corrected chi connectivity index (χ4v) is 2.86. The smallest absolute Gasteiger partial charge is 0.550 e. The molecule has 1 saturated heterocycles. The number of carbonyl (C=O) groups is 1. The Kier molecular flexibility index (Phi) is 28.4. The zero-order valence-corrected chi connectivity index (χ0v) is 20.1. The minimum atomic E-state index is -0.914. The molecule has 0 aromatic rings. The molecule has 0 aliphatic carbocycles. The second kappa shape index (κ2) is 26.1. The molecule has 0 saturated carbocycles. The molecule has 0 radical (unpaired) electrons. The molecule has 5 heteroatoms. The summed E-state index contributed by atoms with van der Waals surface area (Å²) >= 11 is 0. The number of carboxylic acids is 1.